The zero-order valence-corrected chi connectivity index (χ0v) is 13.6. The van der Waals surface area contributed by atoms with E-state index in [0.29, 0.717) is 25.5 Å². The lowest BCUT2D eigenvalue weighted by Gasteiger charge is -2.31. The Morgan fingerprint density at radius 1 is 1.26 bits per heavy atom. The van der Waals surface area contributed by atoms with Gasteiger partial charge in [-0.1, -0.05) is 30.3 Å². The van der Waals surface area contributed by atoms with Gasteiger partial charge in [0.1, 0.15) is 12.9 Å². The maximum Gasteiger partial charge on any atom is 0.407 e. The van der Waals surface area contributed by atoms with E-state index < -0.39 is 0 Å². The minimum atomic E-state index is -0.345. The summed E-state index contributed by atoms with van der Waals surface area (Å²) >= 11 is 0. The Morgan fingerprint density at radius 3 is 2.70 bits per heavy atom. The van der Waals surface area contributed by atoms with Crippen LogP contribution in [0.25, 0.3) is 0 Å². The first-order valence-electron chi connectivity index (χ1n) is 8.38. The zero-order valence-electron chi connectivity index (χ0n) is 13.6. The lowest BCUT2D eigenvalue weighted by Crippen LogP contribution is -2.39. The highest BCUT2D eigenvalue weighted by Gasteiger charge is 2.19. The molecule has 2 rings (SSSR count). The third-order valence-corrected chi connectivity index (χ3v) is 4.25. The maximum atomic E-state index is 11.7. The Labute approximate surface area is 138 Å². The largest absolute Gasteiger partial charge is 0.445 e. The number of carbonyl (C=O) groups is 2. The molecule has 1 aromatic rings. The van der Waals surface area contributed by atoms with Gasteiger partial charge in [0.05, 0.1) is 0 Å². The number of carbonyl (C=O) groups excluding carboxylic acids is 2. The lowest BCUT2D eigenvalue weighted by atomic mass is 9.97. The Morgan fingerprint density at radius 2 is 2.00 bits per heavy atom. The topological polar surface area (TPSA) is 58.6 Å². The fourth-order valence-electron chi connectivity index (χ4n) is 2.81. The molecule has 126 valence electrons. The van der Waals surface area contributed by atoms with Crippen molar-refractivity contribution in [1.29, 1.82) is 0 Å². The predicted octanol–water partition coefficient (Wildman–Crippen LogP) is 2.60. The summed E-state index contributed by atoms with van der Waals surface area (Å²) in [5.41, 5.74) is 0.992. The van der Waals surface area contributed by atoms with Crippen LogP contribution in [-0.2, 0) is 16.1 Å². The maximum absolute atomic E-state index is 11.7. The van der Waals surface area contributed by atoms with Gasteiger partial charge in [-0.05, 0) is 50.4 Å². The molecule has 5 heteroatoms. The molecule has 1 amide bonds. The van der Waals surface area contributed by atoms with Gasteiger partial charge < -0.3 is 19.7 Å². The molecule has 0 spiro atoms. The van der Waals surface area contributed by atoms with Crippen molar-refractivity contribution >= 4 is 12.4 Å². The van der Waals surface area contributed by atoms with Crippen LogP contribution in [0.2, 0.25) is 0 Å². The average Bonchev–Trinajstić information content (AvgIpc) is 2.60. The lowest BCUT2D eigenvalue weighted by molar-refractivity contribution is -0.108. The highest BCUT2D eigenvalue weighted by Crippen LogP contribution is 2.16. The first kappa shape index (κ1) is 17.5. The minimum Gasteiger partial charge on any atom is -0.445 e. The summed E-state index contributed by atoms with van der Waals surface area (Å²) in [5, 5.41) is 2.86. The van der Waals surface area contributed by atoms with Gasteiger partial charge in [0.25, 0.3) is 0 Å². The minimum absolute atomic E-state index is 0.307. The molecule has 1 aromatic carbocycles. The second-order valence-electron chi connectivity index (χ2n) is 6.04. The molecule has 0 radical (unpaired) electrons. The number of rotatable bonds is 8. The second-order valence-corrected chi connectivity index (χ2v) is 6.04. The quantitative estimate of drug-likeness (QED) is 0.591. The van der Waals surface area contributed by atoms with Crippen molar-refractivity contribution in [2.45, 2.75) is 32.3 Å². The van der Waals surface area contributed by atoms with Crippen LogP contribution >= 0.6 is 0 Å². The SMILES string of the molecule is O=CCCCN1CCC(CNC(=O)OCc2ccccc2)CC1. The first-order valence-corrected chi connectivity index (χ1v) is 8.38. The number of nitrogens with zero attached hydrogens (tertiary/aromatic N) is 1. The molecule has 23 heavy (non-hydrogen) atoms. The van der Waals surface area contributed by atoms with Crippen molar-refractivity contribution in [1.82, 2.24) is 10.2 Å². The molecule has 1 saturated heterocycles. The molecular weight excluding hydrogens is 292 g/mol. The number of aldehydes is 1. The summed E-state index contributed by atoms with van der Waals surface area (Å²) in [5.74, 6) is 0.515. The van der Waals surface area contributed by atoms with E-state index in [1.807, 2.05) is 30.3 Å². The Bertz CT molecular complexity index is 470. The molecule has 0 aromatic heterocycles. The highest BCUT2D eigenvalue weighted by molar-refractivity contribution is 5.67. The van der Waals surface area contributed by atoms with E-state index in [-0.39, 0.29) is 6.09 Å². The predicted molar refractivity (Wildman–Crippen MR) is 89.1 cm³/mol. The van der Waals surface area contributed by atoms with Gasteiger partial charge in [0.2, 0.25) is 0 Å². The van der Waals surface area contributed by atoms with Gasteiger partial charge in [-0.25, -0.2) is 4.79 Å². The van der Waals surface area contributed by atoms with Crippen LogP contribution in [0.5, 0.6) is 0 Å². The molecule has 1 N–H and O–H groups in total. The summed E-state index contributed by atoms with van der Waals surface area (Å²) in [6, 6.07) is 9.68. The van der Waals surface area contributed by atoms with Crippen LogP contribution in [0.15, 0.2) is 30.3 Å². The van der Waals surface area contributed by atoms with Crippen LogP contribution < -0.4 is 5.32 Å². The summed E-state index contributed by atoms with van der Waals surface area (Å²) in [7, 11) is 0. The van der Waals surface area contributed by atoms with E-state index in [1.165, 1.54) is 0 Å². The zero-order chi connectivity index (χ0) is 16.3. The summed E-state index contributed by atoms with van der Waals surface area (Å²) in [6.45, 7) is 4.07. The van der Waals surface area contributed by atoms with Crippen molar-refractivity contribution in [2.75, 3.05) is 26.2 Å². The van der Waals surface area contributed by atoms with E-state index in [4.69, 9.17) is 4.74 Å². The molecule has 1 fully saturated rings. The summed E-state index contributed by atoms with van der Waals surface area (Å²) in [6.07, 6.45) is 4.40. The van der Waals surface area contributed by atoms with Crippen molar-refractivity contribution < 1.29 is 14.3 Å². The molecule has 0 aliphatic carbocycles. The van der Waals surface area contributed by atoms with Gasteiger partial charge in [-0.2, -0.15) is 0 Å². The van der Waals surface area contributed by atoms with Crippen molar-refractivity contribution in [3.63, 3.8) is 0 Å². The average molecular weight is 318 g/mol. The smallest absolute Gasteiger partial charge is 0.407 e. The molecule has 1 aliphatic rings. The van der Waals surface area contributed by atoms with Gasteiger partial charge in [-0.3, -0.25) is 0 Å². The summed E-state index contributed by atoms with van der Waals surface area (Å²) in [4.78, 5) is 24.4. The normalized spacial score (nSPS) is 16.0. The standard InChI is InChI=1S/C18H26N2O3/c21-13-5-4-10-20-11-8-16(9-12-20)14-19-18(22)23-15-17-6-2-1-3-7-17/h1-3,6-7,13,16H,4-5,8-12,14-15H2,(H,19,22). The van der Waals surface area contributed by atoms with E-state index in [0.717, 1.165) is 50.7 Å². The molecule has 1 aliphatic heterocycles. The molecule has 1 heterocycles. The number of likely N-dealkylation sites (tertiary alicyclic amines) is 1. The Hall–Kier alpha value is -1.88. The van der Waals surface area contributed by atoms with Crippen LogP contribution in [0.1, 0.15) is 31.2 Å². The number of ether oxygens (including phenoxy) is 1. The van der Waals surface area contributed by atoms with Crippen molar-refractivity contribution in [3.05, 3.63) is 35.9 Å². The number of hydrogen-bond donors (Lipinski definition) is 1. The van der Waals surface area contributed by atoms with E-state index in [9.17, 15) is 9.59 Å². The van der Waals surface area contributed by atoms with E-state index in [2.05, 4.69) is 10.2 Å². The van der Waals surface area contributed by atoms with Gasteiger partial charge in [0.15, 0.2) is 0 Å². The molecular formula is C18H26N2O3. The number of piperidine rings is 1. The third-order valence-electron chi connectivity index (χ3n) is 4.25. The number of nitrogens with one attached hydrogen (secondary N) is 1. The van der Waals surface area contributed by atoms with Gasteiger partial charge in [0, 0.05) is 13.0 Å². The first-order chi connectivity index (χ1) is 11.3. The van der Waals surface area contributed by atoms with Gasteiger partial charge in [-0.15, -0.1) is 0 Å². The Kier molecular flexibility index (Phi) is 7.60. The fourth-order valence-corrected chi connectivity index (χ4v) is 2.81. The van der Waals surface area contributed by atoms with E-state index >= 15 is 0 Å². The number of hydrogen-bond acceptors (Lipinski definition) is 4. The van der Waals surface area contributed by atoms with Crippen molar-refractivity contribution in [3.8, 4) is 0 Å². The van der Waals surface area contributed by atoms with Crippen LogP contribution in [0.3, 0.4) is 0 Å². The number of unbranched alkanes of at least 4 members (excludes halogenated alkanes) is 1. The Balaban J connectivity index is 1.56. The second kappa shape index (κ2) is 10.0. The number of alkyl carbamates (subject to hydrolysis) is 1. The fraction of sp³-hybridized carbons (Fsp3) is 0.556. The number of amides is 1. The molecule has 0 bridgehead atoms. The molecule has 0 unspecified atom stereocenters. The monoisotopic (exact) mass is 318 g/mol. The van der Waals surface area contributed by atoms with Crippen LogP contribution in [-0.4, -0.2) is 43.5 Å². The summed E-state index contributed by atoms with van der Waals surface area (Å²) < 4.78 is 5.21. The molecule has 5 nitrogen and oxygen atoms in total. The van der Waals surface area contributed by atoms with Gasteiger partial charge >= 0.3 is 6.09 Å². The molecule has 0 atom stereocenters. The number of benzene rings is 1. The highest BCUT2D eigenvalue weighted by atomic mass is 16.5. The van der Waals surface area contributed by atoms with Crippen molar-refractivity contribution in [2.24, 2.45) is 5.92 Å². The molecule has 0 saturated carbocycles. The third kappa shape index (κ3) is 6.82. The van der Waals surface area contributed by atoms with Crippen LogP contribution in [0.4, 0.5) is 4.79 Å². The van der Waals surface area contributed by atoms with Crippen LogP contribution in [0, 0.1) is 5.92 Å². The van der Waals surface area contributed by atoms with E-state index in [1.54, 1.807) is 0 Å².